The number of terminal acetylenes is 1. The first-order valence-electron chi connectivity index (χ1n) is 4.41. The van der Waals surface area contributed by atoms with Crippen molar-refractivity contribution in [1.82, 2.24) is 5.32 Å². The Kier molecular flexibility index (Phi) is 7.29. The summed E-state index contributed by atoms with van der Waals surface area (Å²) in [5.74, 6) is 3.43. The van der Waals surface area contributed by atoms with Gasteiger partial charge in [-0.1, -0.05) is 13.8 Å². The van der Waals surface area contributed by atoms with Crippen molar-refractivity contribution in [3.05, 3.63) is 0 Å². The molecular weight excluding hydrogens is 134 g/mol. The quantitative estimate of drug-likeness (QED) is 0.455. The molecule has 0 saturated carbocycles. The predicted octanol–water partition coefficient (Wildman–Crippen LogP) is 2.04. The summed E-state index contributed by atoms with van der Waals surface area (Å²) in [6.45, 7) is 6.67. The van der Waals surface area contributed by atoms with Crippen LogP contribution < -0.4 is 5.32 Å². The van der Waals surface area contributed by atoms with Crippen LogP contribution in [0.4, 0.5) is 0 Å². The summed E-state index contributed by atoms with van der Waals surface area (Å²) >= 11 is 0. The molecule has 0 aliphatic heterocycles. The van der Waals surface area contributed by atoms with Gasteiger partial charge in [-0.05, 0) is 31.8 Å². The maximum Gasteiger partial charge on any atom is 0.00981 e. The molecule has 0 aliphatic carbocycles. The number of hydrogen-bond donors (Lipinski definition) is 1. The first kappa shape index (κ1) is 10.5. The molecule has 1 N–H and O–H groups in total. The van der Waals surface area contributed by atoms with E-state index in [0.29, 0.717) is 0 Å². The van der Waals surface area contributed by atoms with E-state index in [0.717, 1.165) is 31.8 Å². The molecule has 0 aromatic heterocycles. The molecular formula is C10H19N. The maximum atomic E-state index is 5.11. The van der Waals surface area contributed by atoms with Gasteiger partial charge in [-0.2, -0.15) is 0 Å². The molecule has 0 atom stereocenters. The lowest BCUT2D eigenvalue weighted by molar-refractivity contribution is 0.534. The van der Waals surface area contributed by atoms with Crippen molar-refractivity contribution in [2.45, 2.75) is 33.1 Å². The highest BCUT2D eigenvalue weighted by Gasteiger charge is 1.91. The topological polar surface area (TPSA) is 12.0 Å². The zero-order valence-corrected chi connectivity index (χ0v) is 7.69. The zero-order valence-electron chi connectivity index (χ0n) is 7.69. The molecule has 11 heavy (non-hydrogen) atoms. The molecule has 0 aromatic carbocycles. The third-order valence-corrected chi connectivity index (χ3v) is 1.57. The molecule has 64 valence electrons. The summed E-state index contributed by atoms with van der Waals surface area (Å²) in [4.78, 5) is 0. The molecule has 0 saturated heterocycles. The van der Waals surface area contributed by atoms with Crippen molar-refractivity contribution in [1.29, 1.82) is 0 Å². The van der Waals surface area contributed by atoms with Crippen molar-refractivity contribution in [2.24, 2.45) is 5.92 Å². The Bertz CT molecular complexity index is 111. The second-order valence-electron chi connectivity index (χ2n) is 3.24. The van der Waals surface area contributed by atoms with Crippen LogP contribution in [0.1, 0.15) is 33.1 Å². The molecule has 1 nitrogen and oxygen atoms in total. The molecule has 0 bridgehead atoms. The van der Waals surface area contributed by atoms with Gasteiger partial charge in [-0.15, -0.1) is 12.3 Å². The van der Waals surface area contributed by atoms with Gasteiger partial charge < -0.3 is 5.32 Å². The van der Waals surface area contributed by atoms with E-state index in [2.05, 4.69) is 25.1 Å². The molecule has 0 spiro atoms. The highest BCUT2D eigenvalue weighted by molar-refractivity contribution is 4.83. The molecule has 0 rings (SSSR count). The van der Waals surface area contributed by atoms with E-state index in [-0.39, 0.29) is 0 Å². The minimum Gasteiger partial charge on any atom is -0.317 e. The van der Waals surface area contributed by atoms with Crippen LogP contribution in [-0.2, 0) is 0 Å². The fraction of sp³-hybridized carbons (Fsp3) is 0.800. The Morgan fingerprint density at radius 3 is 2.64 bits per heavy atom. The first-order chi connectivity index (χ1) is 5.27. The number of rotatable bonds is 6. The maximum absolute atomic E-state index is 5.11. The Balaban J connectivity index is 2.86. The minimum absolute atomic E-state index is 0.801. The summed E-state index contributed by atoms with van der Waals surface area (Å²) in [6, 6.07) is 0. The lowest BCUT2D eigenvalue weighted by atomic mass is 10.1. The van der Waals surface area contributed by atoms with Gasteiger partial charge in [0.1, 0.15) is 0 Å². The highest BCUT2D eigenvalue weighted by atomic mass is 14.8. The smallest absolute Gasteiger partial charge is 0.00981 e. The van der Waals surface area contributed by atoms with Gasteiger partial charge in [0.25, 0.3) is 0 Å². The molecule has 0 aliphatic rings. The van der Waals surface area contributed by atoms with Gasteiger partial charge in [0.15, 0.2) is 0 Å². The monoisotopic (exact) mass is 153 g/mol. The largest absolute Gasteiger partial charge is 0.317 e. The van der Waals surface area contributed by atoms with Crippen LogP contribution in [0.15, 0.2) is 0 Å². The van der Waals surface area contributed by atoms with Gasteiger partial charge in [0, 0.05) is 6.42 Å². The second kappa shape index (κ2) is 7.63. The van der Waals surface area contributed by atoms with Gasteiger partial charge in [0.2, 0.25) is 0 Å². The van der Waals surface area contributed by atoms with Gasteiger partial charge >= 0.3 is 0 Å². The number of nitrogens with one attached hydrogen (secondary N) is 1. The van der Waals surface area contributed by atoms with Crippen molar-refractivity contribution in [3.63, 3.8) is 0 Å². The van der Waals surface area contributed by atoms with Crippen LogP contribution in [0.25, 0.3) is 0 Å². The Hall–Kier alpha value is -0.480. The van der Waals surface area contributed by atoms with Crippen molar-refractivity contribution >= 4 is 0 Å². The van der Waals surface area contributed by atoms with Crippen molar-refractivity contribution in [3.8, 4) is 12.3 Å². The van der Waals surface area contributed by atoms with E-state index in [1.165, 1.54) is 6.42 Å². The summed E-state index contributed by atoms with van der Waals surface area (Å²) in [5.41, 5.74) is 0. The molecule has 0 amide bonds. The summed E-state index contributed by atoms with van der Waals surface area (Å²) in [6.07, 6.45) is 8.38. The summed E-state index contributed by atoms with van der Waals surface area (Å²) < 4.78 is 0. The molecule has 1 heteroatoms. The van der Waals surface area contributed by atoms with Gasteiger partial charge in [-0.25, -0.2) is 0 Å². The third-order valence-electron chi connectivity index (χ3n) is 1.57. The average molecular weight is 153 g/mol. The van der Waals surface area contributed by atoms with Crippen LogP contribution >= 0.6 is 0 Å². The van der Waals surface area contributed by atoms with Gasteiger partial charge in [0.05, 0.1) is 0 Å². The van der Waals surface area contributed by atoms with Crippen LogP contribution in [-0.4, -0.2) is 13.1 Å². The number of unbranched alkanes of at least 4 members (excludes halogenated alkanes) is 1. The van der Waals surface area contributed by atoms with E-state index < -0.39 is 0 Å². The minimum atomic E-state index is 0.801. The van der Waals surface area contributed by atoms with Gasteiger partial charge in [-0.3, -0.25) is 0 Å². The number of hydrogen-bond acceptors (Lipinski definition) is 1. The van der Waals surface area contributed by atoms with Crippen molar-refractivity contribution in [2.75, 3.05) is 13.1 Å². The average Bonchev–Trinajstić information content (AvgIpc) is 1.96. The fourth-order valence-corrected chi connectivity index (χ4v) is 0.831. The Labute approximate surface area is 70.6 Å². The van der Waals surface area contributed by atoms with Crippen LogP contribution in [0, 0.1) is 18.3 Å². The summed E-state index contributed by atoms with van der Waals surface area (Å²) in [5, 5.41) is 3.36. The van der Waals surface area contributed by atoms with Crippen molar-refractivity contribution < 1.29 is 0 Å². The van der Waals surface area contributed by atoms with Crippen LogP contribution in [0.2, 0.25) is 0 Å². The Morgan fingerprint density at radius 2 is 2.09 bits per heavy atom. The lowest BCUT2D eigenvalue weighted by Gasteiger charge is -2.05. The van der Waals surface area contributed by atoms with E-state index in [4.69, 9.17) is 6.42 Å². The fourth-order valence-electron chi connectivity index (χ4n) is 0.831. The molecule has 0 unspecified atom stereocenters. The van der Waals surface area contributed by atoms with E-state index in [1.54, 1.807) is 0 Å². The van der Waals surface area contributed by atoms with E-state index in [1.807, 2.05) is 0 Å². The van der Waals surface area contributed by atoms with Crippen LogP contribution in [0.5, 0.6) is 0 Å². The second-order valence-corrected chi connectivity index (χ2v) is 3.24. The molecule has 0 heterocycles. The standard InChI is InChI=1S/C10H19N/c1-4-5-6-8-11-9-7-10(2)3/h1,10-11H,5-9H2,2-3H3. The first-order valence-corrected chi connectivity index (χ1v) is 4.41. The molecule has 0 radical (unpaired) electrons. The molecule has 0 fully saturated rings. The van der Waals surface area contributed by atoms with E-state index >= 15 is 0 Å². The lowest BCUT2D eigenvalue weighted by Crippen LogP contribution is -2.17. The predicted molar refractivity (Wildman–Crippen MR) is 50.4 cm³/mol. The normalized spacial score (nSPS) is 10.0. The van der Waals surface area contributed by atoms with E-state index in [9.17, 15) is 0 Å². The molecule has 0 aromatic rings. The highest BCUT2D eigenvalue weighted by Crippen LogP contribution is 1.96. The van der Waals surface area contributed by atoms with Crippen LogP contribution in [0.3, 0.4) is 0 Å². The SMILES string of the molecule is C#CCCCNCCC(C)C. The third kappa shape index (κ3) is 9.52. The zero-order chi connectivity index (χ0) is 8.53. The summed E-state index contributed by atoms with van der Waals surface area (Å²) in [7, 11) is 0. The Morgan fingerprint density at radius 1 is 1.36 bits per heavy atom.